The molecule has 3 heterocycles. The number of piperazine rings is 1. The van der Waals surface area contributed by atoms with Crippen molar-refractivity contribution in [1.82, 2.24) is 14.2 Å². The van der Waals surface area contributed by atoms with Crippen LogP contribution in [0.15, 0.2) is 34.0 Å². The van der Waals surface area contributed by atoms with Crippen LogP contribution >= 0.6 is 0 Å². The zero-order valence-electron chi connectivity index (χ0n) is 15.7. The average molecular weight is 391 g/mol. The Labute approximate surface area is 159 Å². The van der Waals surface area contributed by atoms with Gasteiger partial charge in [-0.05, 0) is 50.6 Å². The number of benzene rings is 1. The molecule has 0 aliphatic carbocycles. The van der Waals surface area contributed by atoms with Gasteiger partial charge in [-0.2, -0.15) is 4.31 Å². The maximum atomic E-state index is 13.3. The van der Waals surface area contributed by atoms with E-state index in [9.17, 15) is 13.2 Å². The number of nitrogens with zero attached hydrogens (tertiary/aromatic N) is 2. The molecule has 2 aliphatic heterocycles. The van der Waals surface area contributed by atoms with Crippen LogP contribution in [0.1, 0.15) is 18.4 Å². The largest absolute Gasteiger partial charge is 0.381 e. The van der Waals surface area contributed by atoms with Crippen molar-refractivity contribution in [2.24, 2.45) is 0 Å². The van der Waals surface area contributed by atoms with Crippen LogP contribution < -0.4 is 5.56 Å². The van der Waals surface area contributed by atoms with E-state index in [0.29, 0.717) is 38.4 Å². The summed E-state index contributed by atoms with van der Waals surface area (Å²) in [5.41, 5.74) is 1.08. The Morgan fingerprint density at radius 3 is 2.63 bits per heavy atom. The van der Waals surface area contributed by atoms with Gasteiger partial charge in [0.05, 0.1) is 4.90 Å². The lowest BCUT2D eigenvalue weighted by molar-refractivity contribution is -0.0445. The van der Waals surface area contributed by atoms with E-state index in [0.717, 1.165) is 23.8 Å². The molecular formula is C19H25N3O4S. The van der Waals surface area contributed by atoms with Crippen molar-refractivity contribution in [2.45, 2.75) is 30.2 Å². The normalized spacial score (nSPS) is 21.7. The molecule has 0 radical (unpaired) electrons. The first kappa shape index (κ1) is 18.6. The van der Waals surface area contributed by atoms with Crippen LogP contribution in [0, 0.1) is 6.92 Å². The molecule has 146 valence electrons. The Hall–Kier alpha value is -1.74. The molecule has 27 heavy (non-hydrogen) atoms. The minimum atomic E-state index is -3.61. The first-order valence-corrected chi connectivity index (χ1v) is 10.7. The Kier molecular flexibility index (Phi) is 4.62. The number of hydrogen-bond acceptors (Lipinski definition) is 5. The molecule has 2 saturated heterocycles. The zero-order chi connectivity index (χ0) is 19.2. The molecule has 1 aromatic heterocycles. The summed E-state index contributed by atoms with van der Waals surface area (Å²) in [7, 11) is -1.53. The van der Waals surface area contributed by atoms with Crippen molar-refractivity contribution in [3.8, 4) is 0 Å². The third-order valence-corrected chi connectivity index (χ3v) is 7.89. The molecule has 2 fully saturated rings. The summed E-state index contributed by atoms with van der Waals surface area (Å²) in [6, 6.07) is 6.43. The first-order chi connectivity index (χ1) is 12.8. The second kappa shape index (κ2) is 6.70. The van der Waals surface area contributed by atoms with Gasteiger partial charge in [-0.1, -0.05) is 0 Å². The van der Waals surface area contributed by atoms with Crippen LogP contribution in [0.2, 0.25) is 0 Å². The van der Waals surface area contributed by atoms with E-state index in [-0.39, 0.29) is 16.0 Å². The topological polar surface area (TPSA) is 82.7 Å². The lowest BCUT2D eigenvalue weighted by Crippen LogP contribution is -2.63. The van der Waals surface area contributed by atoms with E-state index >= 15 is 0 Å². The minimum Gasteiger partial charge on any atom is -0.381 e. The van der Waals surface area contributed by atoms with Gasteiger partial charge in [-0.3, -0.25) is 9.69 Å². The van der Waals surface area contributed by atoms with Crippen molar-refractivity contribution in [2.75, 3.05) is 39.9 Å². The first-order valence-electron chi connectivity index (χ1n) is 9.25. The van der Waals surface area contributed by atoms with Gasteiger partial charge < -0.3 is 9.72 Å². The van der Waals surface area contributed by atoms with Crippen LogP contribution in [-0.2, 0) is 14.8 Å². The van der Waals surface area contributed by atoms with E-state index in [4.69, 9.17) is 4.74 Å². The predicted octanol–water partition coefficient (Wildman–Crippen LogP) is 1.32. The van der Waals surface area contributed by atoms with Gasteiger partial charge in [0.25, 0.3) is 0 Å². The summed E-state index contributed by atoms with van der Waals surface area (Å²) in [5, 5.41) is 0.755. The number of nitrogens with one attached hydrogen (secondary N) is 1. The zero-order valence-corrected chi connectivity index (χ0v) is 16.5. The highest BCUT2D eigenvalue weighted by Gasteiger charge is 2.44. The molecule has 0 atom stereocenters. The number of H-pyrrole nitrogens is 1. The molecule has 0 amide bonds. The van der Waals surface area contributed by atoms with Gasteiger partial charge in [0.2, 0.25) is 15.6 Å². The molecule has 1 spiro atoms. The van der Waals surface area contributed by atoms with E-state index < -0.39 is 10.0 Å². The maximum Gasteiger partial charge on any atom is 0.248 e. The number of aryl methyl sites for hydroxylation is 1. The smallest absolute Gasteiger partial charge is 0.248 e. The highest BCUT2D eigenvalue weighted by Crippen LogP contribution is 2.33. The van der Waals surface area contributed by atoms with E-state index in [1.165, 1.54) is 6.07 Å². The fraction of sp³-hybridized carbons (Fsp3) is 0.526. The molecule has 1 N–H and O–H groups in total. The molecule has 0 bridgehead atoms. The maximum absolute atomic E-state index is 13.3. The minimum absolute atomic E-state index is 0.151. The lowest BCUT2D eigenvalue weighted by Gasteiger charge is -2.50. The van der Waals surface area contributed by atoms with Crippen LogP contribution in [0.5, 0.6) is 0 Å². The summed E-state index contributed by atoms with van der Waals surface area (Å²) < 4.78 is 33.8. The van der Waals surface area contributed by atoms with E-state index in [1.807, 2.05) is 6.92 Å². The van der Waals surface area contributed by atoms with Gasteiger partial charge in [0, 0.05) is 55.4 Å². The van der Waals surface area contributed by atoms with Crippen LogP contribution in [0.25, 0.3) is 10.9 Å². The number of aromatic amines is 1. The fourth-order valence-electron chi connectivity index (χ4n) is 4.23. The second-order valence-corrected chi connectivity index (χ2v) is 9.56. The Balaban J connectivity index is 1.70. The lowest BCUT2D eigenvalue weighted by atomic mass is 9.87. The second-order valence-electron chi connectivity index (χ2n) is 7.62. The molecule has 2 aromatic rings. The standard InChI is InChI=1S/C19H25N3O4S/c1-14-11-18(23)20-17-4-3-15(12-16(14)17)27(24,25)22-8-7-21(2)19(13-22)5-9-26-10-6-19/h3-4,11-12H,5-10,13H2,1-2H3,(H,20,23). The number of hydrogen-bond donors (Lipinski definition) is 1. The molecule has 1 aromatic carbocycles. The van der Waals surface area contributed by atoms with Crippen LogP contribution in [0.4, 0.5) is 0 Å². The molecular weight excluding hydrogens is 366 g/mol. The number of aromatic nitrogens is 1. The predicted molar refractivity (Wildman–Crippen MR) is 103 cm³/mol. The Morgan fingerprint density at radius 1 is 1.15 bits per heavy atom. The van der Waals surface area contributed by atoms with Crippen molar-refractivity contribution in [3.05, 3.63) is 40.2 Å². The van der Waals surface area contributed by atoms with Gasteiger partial charge >= 0.3 is 0 Å². The molecule has 8 heteroatoms. The third-order valence-electron chi connectivity index (χ3n) is 6.05. The van der Waals surface area contributed by atoms with Crippen molar-refractivity contribution >= 4 is 20.9 Å². The molecule has 2 aliphatic rings. The van der Waals surface area contributed by atoms with E-state index in [1.54, 1.807) is 22.5 Å². The molecule has 4 rings (SSSR count). The summed E-state index contributed by atoms with van der Waals surface area (Å²) in [6.07, 6.45) is 1.68. The Morgan fingerprint density at radius 2 is 1.89 bits per heavy atom. The van der Waals surface area contributed by atoms with Gasteiger partial charge in [-0.25, -0.2) is 8.42 Å². The van der Waals surface area contributed by atoms with Gasteiger partial charge in [-0.15, -0.1) is 0 Å². The van der Waals surface area contributed by atoms with Gasteiger partial charge in [0.1, 0.15) is 0 Å². The van der Waals surface area contributed by atoms with Crippen molar-refractivity contribution in [1.29, 1.82) is 0 Å². The third kappa shape index (κ3) is 3.20. The number of pyridine rings is 1. The average Bonchev–Trinajstić information content (AvgIpc) is 2.64. The van der Waals surface area contributed by atoms with Crippen molar-refractivity contribution in [3.63, 3.8) is 0 Å². The van der Waals surface area contributed by atoms with Crippen LogP contribution in [0.3, 0.4) is 0 Å². The summed E-state index contributed by atoms with van der Waals surface area (Å²) in [5.74, 6) is 0. The summed E-state index contributed by atoms with van der Waals surface area (Å²) >= 11 is 0. The quantitative estimate of drug-likeness (QED) is 0.835. The number of likely N-dealkylation sites (N-methyl/N-ethyl adjacent to an activating group) is 1. The molecule has 0 unspecified atom stereocenters. The van der Waals surface area contributed by atoms with Crippen molar-refractivity contribution < 1.29 is 13.2 Å². The number of ether oxygens (including phenoxy) is 1. The monoisotopic (exact) mass is 391 g/mol. The summed E-state index contributed by atoms with van der Waals surface area (Å²) in [4.78, 5) is 17.0. The molecule has 0 saturated carbocycles. The Bertz CT molecular complexity index is 1020. The number of fused-ring (bicyclic) bond motifs is 1. The highest BCUT2D eigenvalue weighted by atomic mass is 32.2. The summed E-state index contributed by atoms with van der Waals surface area (Å²) in [6.45, 7) is 4.82. The highest BCUT2D eigenvalue weighted by molar-refractivity contribution is 7.89. The van der Waals surface area contributed by atoms with Crippen LogP contribution in [-0.4, -0.2) is 68.0 Å². The number of sulfonamides is 1. The van der Waals surface area contributed by atoms with E-state index in [2.05, 4.69) is 16.9 Å². The number of rotatable bonds is 2. The van der Waals surface area contributed by atoms with Gasteiger partial charge in [0.15, 0.2) is 0 Å². The fourth-order valence-corrected chi connectivity index (χ4v) is 5.77. The SMILES string of the molecule is Cc1cc(=O)[nH]c2ccc(S(=O)(=O)N3CCN(C)C4(CCOCC4)C3)cc12. The molecule has 7 nitrogen and oxygen atoms in total.